The summed E-state index contributed by atoms with van der Waals surface area (Å²) in [7, 11) is 0. The Morgan fingerprint density at radius 3 is 2.88 bits per heavy atom. The number of nitrogens with two attached hydrogens (primary N) is 1. The van der Waals surface area contributed by atoms with E-state index in [2.05, 4.69) is 21.0 Å². The molecule has 17 heavy (non-hydrogen) atoms. The first-order valence-electron chi connectivity index (χ1n) is 4.77. The highest BCUT2D eigenvalue weighted by Crippen LogP contribution is 2.18. The summed E-state index contributed by atoms with van der Waals surface area (Å²) in [5, 5.41) is 12.7. The van der Waals surface area contributed by atoms with Crippen molar-refractivity contribution in [2.75, 3.05) is 5.73 Å². The minimum Gasteiger partial charge on any atom is -0.381 e. The Balaban J connectivity index is 2.34. The lowest BCUT2D eigenvalue weighted by atomic mass is 10.1. The van der Waals surface area contributed by atoms with E-state index in [4.69, 9.17) is 11.0 Å². The van der Waals surface area contributed by atoms with E-state index in [-0.39, 0.29) is 12.1 Å². The molecule has 0 radical (unpaired) electrons. The van der Waals surface area contributed by atoms with Gasteiger partial charge in [-0.15, -0.1) is 0 Å². The standard InChI is InChI=1S/C11H8BrFN4/c12-9-6-17(16-11(9)15)5-8-3-1-2-7(4-14)10(8)13/h1-3,6H,5H2,(H2,15,16). The van der Waals surface area contributed by atoms with E-state index in [1.54, 1.807) is 24.4 Å². The van der Waals surface area contributed by atoms with Gasteiger partial charge in [0.25, 0.3) is 0 Å². The highest BCUT2D eigenvalue weighted by atomic mass is 79.9. The summed E-state index contributed by atoms with van der Waals surface area (Å²) in [6.07, 6.45) is 1.66. The lowest BCUT2D eigenvalue weighted by molar-refractivity contribution is 0.583. The fourth-order valence-electron chi connectivity index (χ4n) is 1.46. The zero-order chi connectivity index (χ0) is 12.4. The molecule has 6 heteroatoms. The Bertz CT molecular complexity index is 581. The average Bonchev–Trinajstić information content (AvgIpc) is 2.61. The van der Waals surface area contributed by atoms with Gasteiger partial charge in [-0.2, -0.15) is 10.4 Å². The molecular weight excluding hydrogens is 287 g/mol. The quantitative estimate of drug-likeness (QED) is 0.924. The first-order valence-corrected chi connectivity index (χ1v) is 5.57. The molecule has 86 valence electrons. The smallest absolute Gasteiger partial charge is 0.159 e. The van der Waals surface area contributed by atoms with Crippen LogP contribution in [0.2, 0.25) is 0 Å². The zero-order valence-corrected chi connectivity index (χ0v) is 10.3. The van der Waals surface area contributed by atoms with Gasteiger partial charge in [0.05, 0.1) is 16.6 Å². The van der Waals surface area contributed by atoms with Gasteiger partial charge >= 0.3 is 0 Å². The second-order valence-electron chi connectivity index (χ2n) is 3.45. The Morgan fingerprint density at radius 1 is 1.53 bits per heavy atom. The van der Waals surface area contributed by atoms with Crippen LogP contribution < -0.4 is 5.73 Å². The number of hydrogen-bond acceptors (Lipinski definition) is 3. The van der Waals surface area contributed by atoms with E-state index in [0.29, 0.717) is 15.9 Å². The summed E-state index contributed by atoms with van der Waals surface area (Å²) in [5.74, 6) is -0.165. The first-order chi connectivity index (χ1) is 8.11. The molecule has 0 aliphatic heterocycles. The third-order valence-electron chi connectivity index (χ3n) is 2.27. The highest BCUT2D eigenvalue weighted by Gasteiger charge is 2.09. The fourth-order valence-corrected chi connectivity index (χ4v) is 1.77. The normalized spacial score (nSPS) is 10.2. The summed E-state index contributed by atoms with van der Waals surface area (Å²) in [4.78, 5) is 0. The summed E-state index contributed by atoms with van der Waals surface area (Å²) >= 11 is 3.22. The second kappa shape index (κ2) is 4.55. The van der Waals surface area contributed by atoms with Gasteiger partial charge < -0.3 is 5.73 Å². The fraction of sp³-hybridized carbons (Fsp3) is 0.0909. The molecule has 1 aromatic heterocycles. The van der Waals surface area contributed by atoms with Crippen LogP contribution in [0, 0.1) is 17.1 Å². The van der Waals surface area contributed by atoms with Crippen LogP contribution in [0.15, 0.2) is 28.9 Å². The van der Waals surface area contributed by atoms with Crippen LogP contribution >= 0.6 is 15.9 Å². The Kier molecular flexibility index (Phi) is 3.11. The van der Waals surface area contributed by atoms with E-state index in [1.165, 1.54) is 10.7 Å². The molecule has 0 aliphatic rings. The largest absolute Gasteiger partial charge is 0.381 e. The van der Waals surface area contributed by atoms with Crippen molar-refractivity contribution in [3.05, 3.63) is 45.8 Å². The molecule has 2 N–H and O–H groups in total. The van der Waals surface area contributed by atoms with Crippen molar-refractivity contribution in [2.45, 2.75) is 6.54 Å². The summed E-state index contributed by atoms with van der Waals surface area (Å²) in [6, 6.07) is 6.49. The third-order valence-corrected chi connectivity index (χ3v) is 2.89. The number of benzene rings is 1. The van der Waals surface area contributed by atoms with Crippen LogP contribution in [0.3, 0.4) is 0 Å². The average molecular weight is 295 g/mol. The van der Waals surface area contributed by atoms with E-state index in [0.717, 1.165) is 0 Å². The van der Waals surface area contributed by atoms with Crippen molar-refractivity contribution in [3.8, 4) is 6.07 Å². The van der Waals surface area contributed by atoms with Crippen molar-refractivity contribution in [2.24, 2.45) is 0 Å². The number of nitriles is 1. The summed E-state index contributed by atoms with van der Waals surface area (Å²) in [5.41, 5.74) is 5.99. The molecule has 0 fully saturated rings. The van der Waals surface area contributed by atoms with Gasteiger partial charge in [0.2, 0.25) is 0 Å². The molecule has 2 rings (SSSR count). The molecule has 1 aromatic carbocycles. The first kappa shape index (κ1) is 11.6. The minimum atomic E-state index is -0.514. The molecule has 0 saturated carbocycles. The zero-order valence-electron chi connectivity index (χ0n) is 8.69. The molecule has 1 heterocycles. The SMILES string of the molecule is N#Cc1cccc(Cn2cc(Br)c(N)n2)c1F. The van der Waals surface area contributed by atoms with Crippen LogP contribution in [0.4, 0.5) is 10.2 Å². The van der Waals surface area contributed by atoms with Gasteiger partial charge in [-0.05, 0) is 22.0 Å². The molecular formula is C11H8BrFN4. The minimum absolute atomic E-state index is 0.0293. The van der Waals surface area contributed by atoms with Crippen LogP contribution in [0.5, 0.6) is 0 Å². The molecule has 0 aliphatic carbocycles. The van der Waals surface area contributed by atoms with Gasteiger partial charge in [0.1, 0.15) is 11.9 Å². The van der Waals surface area contributed by atoms with Crippen molar-refractivity contribution in [3.63, 3.8) is 0 Å². The second-order valence-corrected chi connectivity index (χ2v) is 4.30. The number of anilines is 1. The van der Waals surface area contributed by atoms with Crippen molar-refractivity contribution in [1.29, 1.82) is 5.26 Å². The number of hydrogen-bond donors (Lipinski definition) is 1. The molecule has 0 atom stereocenters. The molecule has 0 unspecified atom stereocenters. The predicted molar refractivity (Wildman–Crippen MR) is 64.6 cm³/mol. The van der Waals surface area contributed by atoms with Crippen LogP contribution in [0.1, 0.15) is 11.1 Å². The van der Waals surface area contributed by atoms with Gasteiger partial charge in [0.15, 0.2) is 5.82 Å². The van der Waals surface area contributed by atoms with Gasteiger partial charge in [-0.1, -0.05) is 12.1 Å². The third kappa shape index (κ3) is 2.29. The number of nitrogen functional groups attached to an aromatic ring is 1. The van der Waals surface area contributed by atoms with E-state index in [1.807, 2.05) is 0 Å². The molecule has 0 saturated heterocycles. The number of aromatic nitrogens is 2. The van der Waals surface area contributed by atoms with Crippen molar-refractivity contribution >= 4 is 21.7 Å². The Hall–Kier alpha value is -1.87. The maximum Gasteiger partial charge on any atom is 0.159 e. The lowest BCUT2D eigenvalue weighted by Gasteiger charge is -2.04. The van der Waals surface area contributed by atoms with E-state index < -0.39 is 5.82 Å². The van der Waals surface area contributed by atoms with E-state index >= 15 is 0 Å². The molecule has 0 bridgehead atoms. The van der Waals surface area contributed by atoms with E-state index in [9.17, 15) is 4.39 Å². The van der Waals surface area contributed by atoms with Crippen LogP contribution in [-0.4, -0.2) is 9.78 Å². The molecule has 4 nitrogen and oxygen atoms in total. The summed E-state index contributed by atoms with van der Waals surface area (Å²) in [6.45, 7) is 0.233. The maximum absolute atomic E-state index is 13.8. The lowest BCUT2D eigenvalue weighted by Crippen LogP contribution is -2.04. The van der Waals surface area contributed by atoms with Gasteiger partial charge in [-0.25, -0.2) is 4.39 Å². The predicted octanol–water partition coefficient (Wildman–Crippen LogP) is 2.29. The van der Waals surface area contributed by atoms with Crippen LogP contribution in [0.25, 0.3) is 0 Å². The monoisotopic (exact) mass is 294 g/mol. The molecule has 0 spiro atoms. The topological polar surface area (TPSA) is 67.6 Å². The summed E-state index contributed by atoms with van der Waals surface area (Å²) < 4.78 is 15.9. The highest BCUT2D eigenvalue weighted by molar-refractivity contribution is 9.10. The van der Waals surface area contributed by atoms with Crippen molar-refractivity contribution in [1.82, 2.24) is 9.78 Å². The Morgan fingerprint density at radius 2 is 2.29 bits per heavy atom. The Labute approximate surface area is 106 Å². The van der Waals surface area contributed by atoms with Gasteiger partial charge in [-0.3, -0.25) is 4.68 Å². The number of halogens is 2. The van der Waals surface area contributed by atoms with Gasteiger partial charge in [0, 0.05) is 11.8 Å². The van der Waals surface area contributed by atoms with Crippen molar-refractivity contribution < 1.29 is 4.39 Å². The maximum atomic E-state index is 13.8. The molecule has 0 amide bonds. The number of nitrogens with zero attached hydrogens (tertiary/aromatic N) is 3. The van der Waals surface area contributed by atoms with Crippen LogP contribution in [-0.2, 0) is 6.54 Å². The molecule has 2 aromatic rings. The number of rotatable bonds is 2.